The van der Waals surface area contributed by atoms with Crippen molar-refractivity contribution < 1.29 is 38.2 Å². The van der Waals surface area contributed by atoms with E-state index in [1.807, 2.05) is 27.2 Å². The molecule has 2 amide bonds. The summed E-state index contributed by atoms with van der Waals surface area (Å²) in [5.41, 5.74) is 0. The SMILES string of the molecule is CCCCCC(OC(=O)CCCC(=O)OCC[N+](C)(C)C)C(O)C/C=C\CCCCCCCC(=O)NCCCCCCNC(C)=O. The molecule has 0 saturated heterocycles. The van der Waals surface area contributed by atoms with Gasteiger partial charge in [0.05, 0.1) is 27.2 Å². The van der Waals surface area contributed by atoms with Gasteiger partial charge in [-0.15, -0.1) is 0 Å². The highest BCUT2D eigenvalue weighted by Gasteiger charge is 2.22. The van der Waals surface area contributed by atoms with Gasteiger partial charge in [-0.2, -0.15) is 0 Å². The molecule has 0 aliphatic rings. The van der Waals surface area contributed by atoms with E-state index in [2.05, 4.69) is 23.6 Å². The van der Waals surface area contributed by atoms with Crippen molar-refractivity contribution in [3.63, 3.8) is 0 Å². The molecule has 3 N–H and O–H groups in total. The molecule has 0 saturated carbocycles. The topological polar surface area (TPSA) is 131 Å². The van der Waals surface area contributed by atoms with Crippen LogP contribution in [0.15, 0.2) is 12.2 Å². The first-order valence-electron chi connectivity index (χ1n) is 17.9. The van der Waals surface area contributed by atoms with E-state index in [-0.39, 0.29) is 36.6 Å². The van der Waals surface area contributed by atoms with Gasteiger partial charge in [-0.1, -0.05) is 64.0 Å². The predicted molar refractivity (Wildman–Crippen MR) is 184 cm³/mol. The van der Waals surface area contributed by atoms with Crippen molar-refractivity contribution >= 4 is 23.8 Å². The largest absolute Gasteiger partial charge is 0.460 e. The highest BCUT2D eigenvalue weighted by Crippen LogP contribution is 2.16. The highest BCUT2D eigenvalue weighted by atomic mass is 16.6. The predicted octanol–water partition coefficient (Wildman–Crippen LogP) is 5.75. The number of aliphatic hydroxyl groups is 1. The molecule has 0 spiro atoms. The molecule has 268 valence electrons. The van der Waals surface area contributed by atoms with Gasteiger partial charge < -0.3 is 29.7 Å². The number of aliphatic hydroxyl groups excluding tert-OH is 1. The van der Waals surface area contributed by atoms with Crippen molar-refractivity contribution in [1.82, 2.24) is 10.6 Å². The van der Waals surface area contributed by atoms with Gasteiger partial charge in [-0.3, -0.25) is 19.2 Å². The third-order valence-electron chi connectivity index (χ3n) is 7.71. The van der Waals surface area contributed by atoms with E-state index in [4.69, 9.17) is 9.47 Å². The van der Waals surface area contributed by atoms with Gasteiger partial charge >= 0.3 is 11.9 Å². The molecule has 46 heavy (non-hydrogen) atoms. The van der Waals surface area contributed by atoms with E-state index >= 15 is 0 Å². The second kappa shape index (κ2) is 28.7. The van der Waals surface area contributed by atoms with Crippen LogP contribution < -0.4 is 10.6 Å². The molecule has 2 unspecified atom stereocenters. The first-order valence-corrected chi connectivity index (χ1v) is 17.9. The molecule has 10 heteroatoms. The zero-order chi connectivity index (χ0) is 34.5. The average Bonchev–Trinajstić information content (AvgIpc) is 2.98. The van der Waals surface area contributed by atoms with Crippen molar-refractivity contribution in [2.24, 2.45) is 0 Å². The van der Waals surface area contributed by atoms with Crippen LogP contribution in [0.5, 0.6) is 0 Å². The van der Waals surface area contributed by atoms with Crippen LogP contribution in [0.3, 0.4) is 0 Å². The van der Waals surface area contributed by atoms with Gasteiger partial charge in [0.2, 0.25) is 11.8 Å². The molecule has 0 aliphatic carbocycles. The van der Waals surface area contributed by atoms with Crippen LogP contribution in [0.4, 0.5) is 0 Å². The minimum Gasteiger partial charge on any atom is -0.460 e. The van der Waals surface area contributed by atoms with E-state index in [0.29, 0.717) is 36.8 Å². The summed E-state index contributed by atoms with van der Waals surface area (Å²) in [7, 11) is 6.10. The average molecular weight is 655 g/mol. The Morgan fingerprint density at radius 2 is 1.37 bits per heavy atom. The summed E-state index contributed by atoms with van der Waals surface area (Å²) in [4.78, 5) is 47.2. The number of esters is 2. The standard InChI is InChI=1S/C36H67N3O7/c1-6-7-16-23-33(46-36(44)26-21-25-35(43)45-30-29-39(3,4)5)32(41)22-17-12-10-8-9-11-13-18-24-34(42)38-28-20-15-14-19-27-37-31(2)40/h12,17,32-33,41H,6-11,13-16,18-30H2,1-5H3,(H-,37,38,40,42)/p+1/b17-12-. The lowest BCUT2D eigenvalue weighted by molar-refractivity contribution is -0.870. The molecule has 2 atom stereocenters. The van der Waals surface area contributed by atoms with Gasteiger partial charge in [0.15, 0.2) is 0 Å². The molecule has 0 aromatic heterocycles. The van der Waals surface area contributed by atoms with Crippen molar-refractivity contribution in [2.45, 2.75) is 148 Å². The number of nitrogens with one attached hydrogen (secondary N) is 2. The minimum atomic E-state index is -0.751. The molecule has 0 fully saturated rings. The molecule has 0 aromatic rings. The fourth-order valence-electron chi connectivity index (χ4n) is 4.80. The summed E-state index contributed by atoms with van der Waals surface area (Å²) in [6, 6.07) is 0. The van der Waals surface area contributed by atoms with Crippen molar-refractivity contribution in [2.75, 3.05) is 47.4 Å². The molecule has 0 heterocycles. The van der Waals surface area contributed by atoms with E-state index < -0.39 is 12.2 Å². The first-order chi connectivity index (χ1) is 21.9. The highest BCUT2D eigenvalue weighted by molar-refractivity contribution is 5.75. The van der Waals surface area contributed by atoms with E-state index in [1.54, 1.807) is 0 Å². The summed E-state index contributed by atoms with van der Waals surface area (Å²) in [5.74, 6) is -0.543. The maximum atomic E-state index is 12.5. The Bertz CT molecular complexity index is 842. The number of carbonyl (C=O) groups is 4. The second-order valence-electron chi connectivity index (χ2n) is 13.4. The molecular formula is C36H68N3O7+. The lowest BCUT2D eigenvalue weighted by atomic mass is 10.0. The summed E-state index contributed by atoms with van der Waals surface area (Å²) in [6.45, 7) is 6.17. The number of quaternary nitrogens is 1. The van der Waals surface area contributed by atoms with Crippen LogP contribution in [0.1, 0.15) is 136 Å². The van der Waals surface area contributed by atoms with Crippen molar-refractivity contribution in [3.8, 4) is 0 Å². The lowest BCUT2D eigenvalue weighted by Gasteiger charge is -2.23. The number of hydrogen-bond acceptors (Lipinski definition) is 7. The van der Waals surface area contributed by atoms with Gasteiger partial charge in [-0.05, 0) is 57.8 Å². The molecular weight excluding hydrogens is 586 g/mol. The van der Waals surface area contributed by atoms with Crippen LogP contribution in [-0.4, -0.2) is 92.9 Å². The van der Waals surface area contributed by atoms with Gasteiger partial charge in [0, 0.05) is 39.3 Å². The Morgan fingerprint density at radius 1 is 0.739 bits per heavy atom. The smallest absolute Gasteiger partial charge is 0.306 e. The Labute approximate surface area is 280 Å². The van der Waals surface area contributed by atoms with E-state index in [0.717, 1.165) is 103 Å². The maximum Gasteiger partial charge on any atom is 0.306 e. The Kier molecular flexibility index (Phi) is 27.2. The van der Waals surface area contributed by atoms with Crippen LogP contribution in [0, 0.1) is 0 Å². The van der Waals surface area contributed by atoms with Gasteiger partial charge in [-0.25, -0.2) is 0 Å². The number of rotatable bonds is 30. The summed E-state index contributed by atoms with van der Waals surface area (Å²) in [6.07, 6.45) is 18.3. The molecule has 10 nitrogen and oxygen atoms in total. The Morgan fingerprint density at radius 3 is 2.04 bits per heavy atom. The van der Waals surface area contributed by atoms with E-state index in [1.165, 1.54) is 6.92 Å². The minimum absolute atomic E-state index is 0.0113. The third kappa shape index (κ3) is 30.2. The molecule has 0 radical (unpaired) electrons. The van der Waals surface area contributed by atoms with Gasteiger partial charge in [0.1, 0.15) is 19.3 Å². The number of nitrogens with zero attached hydrogens (tertiary/aromatic N) is 1. The lowest BCUT2D eigenvalue weighted by Crippen LogP contribution is -2.38. The number of ether oxygens (including phenoxy) is 2. The first kappa shape index (κ1) is 43.5. The fourth-order valence-corrected chi connectivity index (χ4v) is 4.80. The fraction of sp³-hybridized carbons (Fsp3) is 0.833. The van der Waals surface area contributed by atoms with Crippen LogP contribution in [0.2, 0.25) is 0 Å². The summed E-state index contributed by atoms with van der Waals surface area (Å²) in [5, 5.41) is 16.5. The summed E-state index contributed by atoms with van der Waals surface area (Å²) >= 11 is 0. The molecule has 0 bridgehead atoms. The van der Waals surface area contributed by atoms with Crippen LogP contribution >= 0.6 is 0 Å². The Balaban J connectivity index is 4.04. The van der Waals surface area contributed by atoms with E-state index in [9.17, 15) is 24.3 Å². The zero-order valence-corrected chi connectivity index (χ0v) is 29.9. The second-order valence-corrected chi connectivity index (χ2v) is 13.4. The number of allylic oxidation sites excluding steroid dienone is 1. The normalized spacial score (nSPS) is 12.9. The number of hydrogen-bond donors (Lipinski definition) is 3. The zero-order valence-electron chi connectivity index (χ0n) is 29.9. The number of likely N-dealkylation sites (N-methyl/N-ethyl adjacent to an activating group) is 1. The number of carbonyl (C=O) groups excluding carboxylic acids is 4. The van der Waals surface area contributed by atoms with Gasteiger partial charge in [0.25, 0.3) is 0 Å². The maximum absolute atomic E-state index is 12.5. The molecule has 0 rings (SSSR count). The molecule has 0 aliphatic heterocycles. The summed E-state index contributed by atoms with van der Waals surface area (Å²) < 4.78 is 11.6. The van der Waals surface area contributed by atoms with Crippen molar-refractivity contribution in [1.29, 1.82) is 0 Å². The molecule has 0 aromatic carbocycles. The quantitative estimate of drug-likeness (QED) is 0.0389. The number of unbranched alkanes of at least 4 members (excludes halogenated alkanes) is 10. The monoisotopic (exact) mass is 655 g/mol. The van der Waals surface area contributed by atoms with Crippen molar-refractivity contribution in [3.05, 3.63) is 12.2 Å². The number of amides is 2. The third-order valence-corrected chi connectivity index (χ3v) is 7.71. The Hall–Kier alpha value is -2.46. The van der Waals surface area contributed by atoms with Crippen LogP contribution in [-0.2, 0) is 28.7 Å². The van der Waals surface area contributed by atoms with Crippen LogP contribution in [0.25, 0.3) is 0 Å².